The third-order valence-electron chi connectivity index (χ3n) is 3.30. The lowest BCUT2D eigenvalue weighted by molar-refractivity contribution is -0.112. The van der Waals surface area contributed by atoms with Crippen LogP contribution in [0, 0.1) is 5.92 Å². The van der Waals surface area contributed by atoms with E-state index >= 15 is 0 Å². The standard InChI is InChI=1S/C15H19NO/c17-13-15-8-11-16(12-9-15)10-4-7-14-5-2-1-3-6-14/h1-7,13,15H,8-12H2. The van der Waals surface area contributed by atoms with Crippen LogP contribution < -0.4 is 0 Å². The van der Waals surface area contributed by atoms with Crippen molar-refractivity contribution in [3.05, 3.63) is 42.0 Å². The fourth-order valence-corrected chi connectivity index (χ4v) is 2.17. The van der Waals surface area contributed by atoms with Crippen LogP contribution in [0.25, 0.3) is 6.08 Å². The molecular weight excluding hydrogens is 210 g/mol. The van der Waals surface area contributed by atoms with Crippen molar-refractivity contribution >= 4 is 12.4 Å². The van der Waals surface area contributed by atoms with Gasteiger partial charge in [-0.15, -0.1) is 0 Å². The molecule has 0 unspecified atom stereocenters. The van der Waals surface area contributed by atoms with Crippen molar-refractivity contribution in [1.82, 2.24) is 4.90 Å². The van der Waals surface area contributed by atoms with Crippen molar-refractivity contribution in [1.29, 1.82) is 0 Å². The second-order valence-corrected chi connectivity index (χ2v) is 4.59. The van der Waals surface area contributed by atoms with Gasteiger partial charge in [-0.05, 0) is 31.5 Å². The summed E-state index contributed by atoms with van der Waals surface area (Å²) in [6, 6.07) is 10.3. The number of rotatable bonds is 4. The molecule has 0 spiro atoms. The second kappa shape index (κ2) is 6.36. The van der Waals surface area contributed by atoms with Crippen LogP contribution in [-0.4, -0.2) is 30.8 Å². The Bertz CT molecular complexity index is 364. The maximum Gasteiger partial charge on any atom is 0.123 e. The number of aldehydes is 1. The maximum absolute atomic E-state index is 10.6. The molecule has 2 nitrogen and oxygen atoms in total. The number of carbonyl (C=O) groups excluding carboxylic acids is 1. The fraction of sp³-hybridized carbons (Fsp3) is 0.400. The molecular formula is C15H19NO. The minimum absolute atomic E-state index is 0.296. The van der Waals surface area contributed by atoms with Gasteiger partial charge >= 0.3 is 0 Å². The quantitative estimate of drug-likeness (QED) is 0.740. The summed E-state index contributed by atoms with van der Waals surface area (Å²) in [5.41, 5.74) is 1.25. The highest BCUT2D eigenvalue weighted by Gasteiger charge is 2.16. The lowest BCUT2D eigenvalue weighted by atomic mass is 9.99. The number of piperidine rings is 1. The van der Waals surface area contributed by atoms with E-state index in [9.17, 15) is 4.79 Å². The normalized spacial score (nSPS) is 18.6. The van der Waals surface area contributed by atoms with E-state index in [0.29, 0.717) is 5.92 Å². The SMILES string of the molecule is O=CC1CCN(CC=Cc2ccccc2)CC1. The molecule has 0 atom stereocenters. The summed E-state index contributed by atoms with van der Waals surface area (Å²) in [4.78, 5) is 13.0. The number of likely N-dealkylation sites (tertiary alicyclic amines) is 1. The summed E-state index contributed by atoms with van der Waals surface area (Å²) >= 11 is 0. The molecule has 0 N–H and O–H groups in total. The smallest absolute Gasteiger partial charge is 0.123 e. The van der Waals surface area contributed by atoms with Gasteiger partial charge in [0.05, 0.1) is 0 Å². The monoisotopic (exact) mass is 229 g/mol. The minimum atomic E-state index is 0.296. The van der Waals surface area contributed by atoms with Gasteiger partial charge in [0, 0.05) is 12.5 Å². The first kappa shape index (κ1) is 12.1. The molecule has 0 aromatic heterocycles. The fourth-order valence-electron chi connectivity index (χ4n) is 2.17. The van der Waals surface area contributed by atoms with E-state index in [1.165, 1.54) is 5.56 Å². The van der Waals surface area contributed by atoms with Crippen molar-refractivity contribution in [2.75, 3.05) is 19.6 Å². The Morgan fingerprint density at radius 3 is 2.53 bits per heavy atom. The number of hydrogen-bond donors (Lipinski definition) is 0. The Labute approximate surface area is 103 Å². The number of nitrogens with zero attached hydrogens (tertiary/aromatic N) is 1. The summed E-state index contributed by atoms with van der Waals surface area (Å²) < 4.78 is 0. The second-order valence-electron chi connectivity index (χ2n) is 4.59. The predicted molar refractivity (Wildman–Crippen MR) is 70.7 cm³/mol. The van der Waals surface area contributed by atoms with Gasteiger partial charge in [0.25, 0.3) is 0 Å². The first-order valence-corrected chi connectivity index (χ1v) is 6.28. The van der Waals surface area contributed by atoms with Crippen LogP contribution in [0.2, 0.25) is 0 Å². The van der Waals surface area contributed by atoms with Crippen molar-refractivity contribution in [3.8, 4) is 0 Å². The Kier molecular flexibility index (Phi) is 4.51. The Morgan fingerprint density at radius 2 is 1.88 bits per heavy atom. The zero-order valence-electron chi connectivity index (χ0n) is 10.1. The van der Waals surface area contributed by atoms with Crippen molar-refractivity contribution in [2.45, 2.75) is 12.8 Å². The molecule has 1 heterocycles. The molecule has 1 aliphatic rings. The van der Waals surface area contributed by atoms with E-state index in [2.05, 4.69) is 41.3 Å². The van der Waals surface area contributed by atoms with Crippen molar-refractivity contribution < 1.29 is 4.79 Å². The molecule has 0 radical (unpaired) electrons. The van der Waals surface area contributed by atoms with Gasteiger partial charge in [-0.2, -0.15) is 0 Å². The van der Waals surface area contributed by atoms with E-state index < -0.39 is 0 Å². The average molecular weight is 229 g/mol. The molecule has 2 rings (SSSR count). The summed E-state index contributed by atoms with van der Waals surface area (Å²) in [6.07, 6.45) is 7.50. The number of hydrogen-bond acceptors (Lipinski definition) is 2. The first-order chi connectivity index (χ1) is 8.38. The lowest BCUT2D eigenvalue weighted by Crippen LogP contribution is -2.34. The lowest BCUT2D eigenvalue weighted by Gasteiger charge is -2.28. The molecule has 17 heavy (non-hydrogen) atoms. The Morgan fingerprint density at radius 1 is 1.18 bits per heavy atom. The van der Waals surface area contributed by atoms with Gasteiger partial charge in [0.2, 0.25) is 0 Å². The highest BCUT2D eigenvalue weighted by molar-refractivity contribution is 5.53. The molecule has 0 saturated carbocycles. The van der Waals surface area contributed by atoms with E-state index in [1.807, 2.05) is 6.07 Å². The molecule has 2 heteroatoms. The summed E-state index contributed by atoms with van der Waals surface area (Å²) in [5.74, 6) is 0.296. The molecule has 0 amide bonds. The molecule has 0 aliphatic carbocycles. The highest BCUT2D eigenvalue weighted by Crippen LogP contribution is 2.14. The molecule has 1 aromatic carbocycles. The zero-order chi connectivity index (χ0) is 11.9. The van der Waals surface area contributed by atoms with Gasteiger partial charge in [-0.25, -0.2) is 0 Å². The molecule has 90 valence electrons. The highest BCUT2D eigenvalue weighted by atomic mass is 16.1. The largest absolute Gasteiger partial charge is 0.303 e. The van der Waals surface area contributed by atoms with Crippen molar-refractivity contribution in [2.24, 2.45) is 5.92 Å². The van der Waals surface area contributed by atoms with Crippen LogP contribution in [-0.2, 0) is 4.79 Å². The van der Waals surface area contributed by atoms with E-state index in [0.717, 1.165) is 38.8 Å². The van der Waals surface area contributed by atoms with Crippen LogP contribution in [0.3, 0.4) is 0 Å². The zero-order valence-corrected chi connectivity index (χ0v) is 10.1. The van der Waals surface area contributed by atoms with Crippen LogP contribution >= 0.6 is 0 Å². The van der Waals surface area contributed by atoms with Crippen LogP contribution in [0.1, 0.15) is 18.4 Å². The van der Waals surface area contributed by atoms with E-state index in [1.54, 1.807) is 0 Å². The first-order valence-electron chi connectivity index (χ1n) is 6.28. The maximum atomic E-state index is 10.6. The summed E-state index contributed by atoms with van der Waals surface area (Å²) in [6.45, 7) is 3.07. The van der Waals surface area contributed by atoms with Crippen LogP contribution in [0.4, 0.5) is 0 Å². The van der Waals surface area contributed by atoms with Gasteiger partial charge in [0.15, 0.2) is 0 Å². The molecule has 1 saturated heterocycles. The third kappa shape index (κ3) is 3.82. The van der Waals surface area contributed by atoms with Gasteiger partial charge in [0.1, 0.15) is 6.29 Å². The molecule has 1 aromatic rings. The molecule has 1 aliphatic heterocycles. The number of carbonyl (C=O) groups is 1. The predicted octanol–water partition coefficient (Wildman–Crippen LogP) is 2.61. The van der Waals surface area contributed by atoms with Crippen molar-refractivity contribution in [3.63, 3.8) is 0 Å². The molecule has 1 fully saturated rings. The Hall–Kier alpha value is -1.41. The summed E-state index contributed by atoms with van der Waals surface area (Å²) in [7, 11) is 0. The van der Waals surface area contributed by atoms with Crippen LogP contribution in [0.5, 0.6) is 0 Å². The Balaban J connectivity index is 1.76. The van der Waals surface area contributed by atoms with E-state index in [-0.39, 0.29) is 0 Å². The van der Waals surface area contributed by atoms with Gasteiger partial charge < -0.3 is 4.79 Å². The number of benzene rings is 1. The third-order valence-corrected chi connectivity index (χ3v) is 3.30. The van der Waals surface area contributed by atoms with Gasteiger partial charge in [-0.3, -0.25) is 4.90 Å². The average Bonchev–Trinajstić information content (AvgIpc) is 2.41. The minimum Gasteiger partial charge on any atom is -0.303 e. The molecule has 0 bridgehead atoms. The topological polar surface area (TPSA) is 20.3 Å². The van der Waals surface area contributed by atoms with Crippen LogP contribution in [0.15, 0.2) is 36.4 Å². The van der Waals surface area contributed by atoms with Gasteiger partial charge in [-0.1, -0.05) is 42.5 Å². The van der Waals surface area contributed by atoms with E-state index in [4.69, 9.17) is 0 Å². The summed E-state index contributed by atoms with van der Waals surface area (Å²) in [5, 5.41) is 0.